The van der Waals surface area contributed by atoms with Crippen molar-refractivity contribution in [1.29, 1.82) is 0 Å². The van der Waals surface area contributed by atoms with Crippen molar-refractivity contribution >= 4 is 5.91 Å². The van der Waals surface area contributed by atoms with E-state index in [4.69, 9.17) is 0 Å². The molecule has 2 atom stereocenters. The molecule has 1 aliphatic carbocycles. The molecule has 1 amide bonds. The van der Waals surface area contributed by atoms with Crippen LogP contribution in [0.3, 0.4) is 0 Å². The average Bonchev–Trinajstić information content (AvgIpc) is 2.98. The molecule has 0 spiro atoms. The Morgan fingerprint density at radius 2 is 1.95 bits per heavy atom. The van der Waals surface area contributed by atoms with Gasteiger partial charge in [-0.3, -0.25) is 10.1 Å². The first-order valence-electron chi connectivity index (χ1n) is 9.08. The summed E-state index contributed by atoms with van der Waals surface area (Å²) >= 11 is 0. The number of hydrogen-bond donors (Lipinski definition) is 1. The molecule has 0 aromatic carbocycles. The first-order chi connectivity index (χ1) is 10.0. The minimum Gasteiger partial charge on any atom is -0.325 e. The third-order valence-corrected chi connectivity index (χ3v) is 5.33. The maximum atomic E-state index is 12.7. The summed E-state index contributed by atoms with van der Waals surface area (Å²) < 4.78 is 0. The summed E-state index contributed by atoms with van der Waals surface area (Å²) in [6.07, 6.45) is 9.98. The lowest BCUT2D eigenvalue weighted by Crippen LogP contribution is -2.44. The van der Waals surface area contributed by atoms with Crippen LogP contribution in [0.5, 0.6) is 0 Å². The fourth-order valence-corrected chi connectivity index (χ4v) is 4.52. The van der Waals surface area contributed by atoms with Crippen molar-refractivity contribution in [3.05, 3.63) is 0 Å². The Bertz CT molecular complexity index is 347. The Morgan fingerprint density at radius 1 is 1.29 bits per heavy atom. The van der Waals surface area contributed by atoms with Crippen molar-refractivity contribution in [2.24, 2.45) is 11.3 Å². The maximum Gasteiger partial charge on any atom is 0.241 e. The molecule has 1 saturated heterocycles. The molecular formula is C18H34N2O. The highest BCUT2D eigenvalue weighted by molar-refractivity contribution is 5.84. The molecule has 2 fully saturated rings. The van der Waals surface area contributed by atoms with Crippen LogP contribution in [0.1, 0.15) is 79.1 Å². The van der Waals surface area contributed by atoms with Gasteiger partial charge in [-0.1, -0.05) is 47.0 Å². The maximum absolute atomic E-state index is 12.7. The van der Waals surface area contributed by atoms with Gasteiger partial charge < -0.3 is 4.90 Å². The van der Waals surface area contributed by atoms with Crippen LogP contribution in [0, 0.1) is 11.3 Å². The number of carbonyl (C=O) groups excluding carboxylic acids is 1. The summed E-state index contributed by atoms with van der Waals surface area (Å²) in [4.78, 5) is 14.9. The molecule has 0 bridgehead atoms. The molecule has 122 valence electrons. The van der Waals surface area contributed by atoms with Gasteiger partial charge in [0.2, 0.25) is 5.91 Å². The summed E-state index contributed by atoms with van der Waals surface area (Å²) in [5, 5.41) is 3.56. The molecular weight excluding hydrogens is 260 g/mol. The second kappa shape index (κ2) is 7.13. The first-order valence-corrected chi connectivity index (χ1v) is 9.08. The van der Waals surface area contributed by atoms with Crippen LogP contribution in [0.15, 0.2) is 0 Å². The molecule has 1 heterocycles. The number of nitrogens with zero attached hydrogens (tertiary/aromatic N) is 1. The minimum absolute atomic E-state index is 0.0547. The van der Waals surface area contributed by atoms with E-state index in [9.17, 15) is 4.79 Å². The standard InChI is InChI=1S/C18H34N2O/c1-5-9-16-19-15(6-2)17(21)20(16)13-18(12-14(3)4)10-7-8-11-18/h14-16,19H,5-13H2,1-4H3. The Labute approximate surface area is 130 Å². The third-order valence-electron chi connectivity index (χ3n) is 5.33. The second-order valence-electron chi connectivity index (χ2n) is 7.70. The van der Waals surface area contributed by atoms with Crippen LogP contribution in [0.25, 0.3) is 0 Å². The van der Waals surface area contributed by atoms with Gasteiger partial charge in [0.25, 0.3) is 0 Å². The zero-order chi connectivity index (χ0) is 15.5. The highest BCUT2D eigenvalue weighted by Crippen LogP contribution is 2.44. The molecule has 2 rings (SSSR count). The van der Waals surface area contributed by atoms with E-state index >= 15 is 0 Å². The highest BCUT2D eigenvalue weighted by Gasteiger charge is 2.43. The predicted octanol–water partition coefficient (Wildman–Crippen LogP) is 3.93. The van der Waals surface area contributed by atoms with E-state index < -0.39 is 0 Å². The topological polar surface area (TPSA) is 32.3 Å². The monoisotopic (exact) mass is 294 g/mol. The fourth-order valence-electron chi connectivity index (χ4n) is 4.52. The SMILES string of the molecule is CCCC1NC(CC)C(=O)N1CC1(CC(C)C)CCCC1. The molecule has 3 heteroatoms. The van der Waals surface area contributed by atoms with Crippen LogP contribution < -0.4 is 5.32 Å². The van der Waals surface area contributed by atoms with E-state index in [2.05, 4.69) is 37.9 Å². The fraction of sp³-hybridized carbons (Fsp3) is 0.944. The Balaban J connectivity index is 2.11. The van der Waals surface area contributed by atoms with Crippen LogP contribution >= 0.6 is 0 Å². The Morgan fingerprint density at radius 3 is 2.48 bits per heavy atom. The average molecular weight is 294 g/mol. The van der Waals surface area contributed by atoms with Crippen molar-refractivity contribution in [3.63, 3.8) is 0 Å². The van der Waals surface area contributed by atoms with E-state index in [1.165, 1.54) is 32.1 Å². The van der Waals surface area contributed by atoms with Gasteiger partial charge in [-0.2, -0.15) is 0 Å². The van der Waals surface area contributed by atoms with E-state index in [0.717, 1.165) is 31.7 Å². The van der Waals surface area contributed by atoms with Gasteiger partial charge in [-0.05, 0) is 43.4 Å². The second-order valence-corrected chi connectivity index (χ2v) is 7.70. The van der Waals surface area contributed by atoms with E-state index in [0.29, 0.717) is 11.3 Å². The lowest BCUT2D eigenvalue weighted by Gasteiger charge is -2.37. The van der Waals surface area contributed by atoms with Crippen molar-refractivity contribution in [3.8, 4) is 0 Å². The summed E-state index contributed by atoms with van der Waals surface area (Å²) in [5.41, 5.74) is 0.389. The number of amides is 1. The van der Waals surface area contributed by atoms with Crippen molar-refractivity contribution in [1.82, 2.24) is 10.2 Å². The molecule has 0 radical (unpaired) electrons. The third kappa shape index (κ3) is 3.80. The summed E-state index contributed by atoms with van der Waals surface area (Å²) in [6.45, 7) is 9.95. The van der Waals surface area contributed by atoms with Gasteiger partial charge in [-0.15, -0.1) is 0 Å². The summed E-state index contributed by atoms with van der Waals surface area (Å²) in [6, 6.07) is 0.0547. The van der Waals surface area contributed by atoms with Gasteiger partial charge in [-0.25, -0.2) is 0 Å². The Hall–Kier alpha value is -0.570. The van der Waals surface area contributed by atoms with E-state index in [-0.39, 0.29) is 12.2 Å². The molecule has 0 aromatic rings. The summed E-state index contributed by atoms with van der Waals surface area (Å²) in [5.74, 6) is 1.08. The smallest absolute Gasteiger partial charge is 0.241 e. The normalized spacial score (nSPS) is 28.8. The zero-order valence-electron chi connectivity index (χ0n) is 14.5. The predicted molar refractivity (Wildman–Crippen MR) is 88.0 cm³/mol. The van der Waals surface area contributed by atoms with Gasteiger partial charge >= 0.3 is 0 Å². The number of carbonyl (C=O) groups is 1. The van der Waals surface area contributed by atoms with Crippen molar-refractivity contribution in [2.75, 3.05) is 6.54 Å². The molecule has 2 aliphatic rings. The van der Waals surface area contributed by atoms with Crippen LogP contribution in [-0.4, -0.2) is 29.6 Å². The van der Waals surface area contributed by atoms with E-state index in [1.54, 1.807) is 0 Å². The lowest BCUT2D eigenvalue weighted by atomic mass is 9.78. The van der Waals surface area contributed by atoms with Gasteiger partial charge in [0.15, 0.2) is 0 Å². The van der Waals surface area contributed by atoms with Crippen molar-refractivity contribution in [2.45, 2.75) is 91.3 Å². The first kappa shape index (κ1) is 16.8. The molecule has 0 aromatic heterocycles. The molecule has 1 saturated carbocycles. The minimum atomic E-state index is 0.0547. The quantitative estimate of drug-likeness (QED) is 0.771. The summed E-state index contributed by atoms with van der Waals surface area (Å²) in [7, 11) is 0. The number of rotatable bonds is 7. The van der Waals surface area contributed by atoms with Gasteiger partial charge in [0.05, 0.1) is 12.2 Å². The lowest BCUT2D eigenvalue weighted by molar-refractivity contribution is -0.132. The molecule has 1 N–H and O–H groups in total. The van der Waals surface area contributed by atoms with Crippen LogP contribution in [-0.2, 0) is 4.79 Å². The number of hydrogen-bond acceptors (Lipinski definition) is 2. The number of nitrogens with one attached hydrogen (secondary N) is 1. The van der Waals surface area contributed by atoms with Crippen LogP contribution in [0.2, 0.25) is 0 Å². The zero-order valence-corrected chi connectivity index (χ0v) is 14.5. The molecule has 2 unspecified atom stereocenters. The molecule has 1 aliphatic heterocycles. The molecule has 3 nitrogen and oxygen atoms in total. The van der Waals surface area contributed by atoms with Gasteiger partial charge in [0.1, 0.15) is 0 Å². The largest absolute Gasteiger partial charge is 0.325 e. The molecule has 21 heavy (non-hydrogen) atoms. The highest BCUT2D eigenvalue weighted by atomic mass is 16.2. The van der Waals surface area contributed by atoms with Crippen LogP contribution in [0.4, 0.5) is 0 Å². The Kier molecular flexibility index (Phi) is 5.70. The van der Waals surface area contributed by atoms with Crippen molar-refractivity contribution < 1.29 is 4.79 Å². The van der Waals surface area contributed by atoms with Gasteiger partial charge in [0, 0.05) is 6.54 Å². The van der Waals surface area contributed by atoms with E-state index in [1.807, 2.05) is 0 Å².